The summed E-state index contributed by atoms with van der Waals surface area (Å²) in [6.45, 7) is 23.1. The standard InChI is InChI=1S/C11H25N2O2.C10H22N2O2.C6H12ClNO.C4H11NO.C4H8O.BrH/c1-13(2,3)7-11-15-10-6-12-4-8-14-9-5-12;1-11(2)3-7-13-8-4-12-5-9-14-10-6-12;7-1-2-8-3-5-9-6-4-8;1-5(2)3-4-6;1-2-4-5-3-1;/h4-11H2,1-3H3;3-10H2,1-2H3;1-6H2;6H,3-4H2,1-2H3;1-4H2;1H/q+1;;;;;. The molecule has 4 fully saturated rings. The Bertz CT molecular complexity index is 658. The van der Waals surface area contributed by atoms with Gasteiger partial charge < -0.3 is 47.8 Å². The summed E-state index contributed by atoms with van der Waals surface area (Å²) in [5.74, 6) is 0.736. The second kappa shape index (κ2) is 37.6. The quantitative estimate of drug-likeness (QED) is 0.139. The van der Waals surface area contributed by atoms with E-state index in [0.29, 0.717) is 0 Å². The maximum Gasteiger partial charge on any atom is 0.102 e. The highest BCUT2D eigenvalue weighted by molar-refractivity contribution is 8.93. The third-order valence-corrected chi connectivity index (χ3v) is 7.95. The molecule has 15 heteroatoms. The average molecular weight is 811 g/mol. The number of nitrogens with zero attached hydrogens (tertiary/aromatic N) is 6. The van der Waals surface area contributed by atoms with Crippen molar-refractivity contribution in [2.24, 2.45) is 0 Å². The summed E-state index contributed by atoms with van der Waals surface area (Å²) in [5, 5.41) is 8.20. The van der Waals surface area contributed by atoms with Crippen molar-refractivity contribution >= 4 is 28.6 Å². The zero-order chi connectivity index (χ0) is 36.4. The van der Waals surface area contributed by atoms with Gasteiger partial charge in [0.25, 0.3) is 0 Å². The molecule has 0 aromatic rings. The molecular weight excluding hydrogens is 732 g/mol. The Hall–Kier alpha value is 0.250. The van der Waals surface area contributed by atoms with E-state index in [-0.39, 0.29) is 23.6 Å². The summed E-state index contributed by atoms with van der Waals surface area (Å²) in [5.41, 5.74) is 0. The Kier molecular flexibility index (Phi) is 39.3. The van der Waals surface area contributed by atoms with Crippen LogP contribution >= 0.6 is 28.6 Å². The van der Waals surface area contributed by atoms with Crippen LogP contribution in [0.5, 0.6) is 0 Å². The maximum absolute atomic E-state index is 8.20. The monoisotopic (exact) mass is 809 g/mol. The van der Waals surface area contributed by atoms with Crippen LogP contribution in [-0.2, 0) is 28.4 Å². The van der Waals surface area contributed by atoms with E-state index in [4.69, 9.17) is 45.1 Å². The molecule has 0 radical (unpaired) electrons. The molecule has 0 aromatic heterocycles. The van der Waals surface area contributed by atoms with Crippen LogP contribution in [0.2, 0.25) is 0 Å². The van der Waals surface area contributed by atoms with E-state index in [9.17, 15) is 0 Å². The van der Waals surface area contributed by atoms with Crippen molar-refractivity contribution in [3.05, 3.63) is 0 Å². The molecular formula is C35H79BrClN6O7+. The highest BCUT2D eigenvalue weighted by Crippen LogP contribution is 1.99. The highest BCUT2D eigenvalue weighted by atomic mass is 79.9. The number of morpholine rings is 3. The maximum atomic E-state index is 8.20. The first kappa shape index (κ1) is 52.4. The first-order valence-electron chi connectivity index (χ1n) is 18.5. The summed E-state index contributed by atoms with van der Waals surface area (Å²) in [4.78, 5) is 11.2. The molecule has 13 nitrogen and oxygen atoms in total. The van der Waals surface area contributed by atoms with Crippen molar-refractivity contribution in [2.45, 2.75) is 12.8 Å². The summed E-state index contributed by atoms with van der Waals surface area (Å²) < 4.78 is 32.8. The van der Waals surface area contributed by atoms with E-state index in [2.05, 4.69) is 54.8 Å². The largest absolute Gasteiger partial charge is 0.395 e. The number of likely N-dealkylation sites (N-methyl/N-ethyl adjacent to an activating group) is 3. The van der Waals surface area contributed by atoms with Crippen LogP contribution in [0.4, 0.5) is 0 Å². The minimum atomic E-state index is 0. The molecule has 0 amide bonds. The lowest BCUT2D eigenvalue weighted by Crippen LogP contribution is -2.40. The third-order valence-electron chi connectivity index (χ3n) is 7.78. The van der Waals surface area contributed by atoms with Gasteiger partial charge in [0.15, 0.2) is 0 Å². The van der Waals surface area contributed by atoms with Crippen molar-refractivity contribution in [1.29, 1.82) is 0 Å². The Labute approximate surface area is 322 Å². The van der Waals surface area contributed by atoms with Gasteiger partial charge in [0, 0.05) is 91.1 Å². The predicted molar refractivity (Wildman–Crippen MR) is 212 cm³/mol. The lowest BCUT2D eigenvalue weighted by molar-refractivity contribution is -0.870. The Morgan fingerprint density at radius 2 is 0.960 bits per heavy atom. The number of aliphatic hydroxyl groups excluding tert-OH is 1. The van der Waals surface area contributed by atoms with Crippen molar-refractivity contribution in [2.75, 3.05) is 220 Å². The van der Waals surface area contributed by atoms with Gasteiger partial charge in [-0.1, -0.05) is 0 Å². The van der Waals surface area contributed by atoms with Gasteiger partial charge in [0.2, 0.25) is 0 Å². The fourth-order valence-corrected chi connectivity index (χ4v) is 4.72. The predicted octanol–water partition coefficient (Wildman–Crippen LogP) is 1.41. The van der Waals surface area contributed by atoms with Crippen LogP contribution < -0.4 is 0 Å². The van der Waals surface area contributed by atoms with Crippen molar-refractivity contribution < 1.29 is 38.0 Å². The molecule has 0 atom stereocenters. The van der Waals surface area contributed by atoms with Gasteiger partial charge in [-0.3, -0.25) is 14.7 Å². The number of rotatable bonds is 16. The molecule has 0 unspecified atom stereocenters. The molecule has 4 aliphatic rings. The van der Waals surface area contributed by atoms with E-state index in [1.165, 1.54) is 12.8 Å². The molecule has 4 rings (SSSR count). The second-order valence-corrected chi connectivity index (χ2v) is 14.3. The number of hydrogen-bond donors (Lipinski definition) is 1. The van der Waals surface area contributed by atoms with Crippen LogP contribution in [0.3, 0.4) is 0 Å². The highest BCUT2D eigenvalue weighted by Gasteiger charge is 2.11. The zero-order valence-electron chi connectivity index (χ0n) is 33.2. The summed E-state index contributed by atoms with van der Waals surface area (Å²) in [6.07, 6.45) is 2.56. The van der Waals surface area contributed by atoms with E-state index < -0.39 is 0 Å². The molecule has 0 saturated carbocycles. The van der Waals surface area contributed by atoms with Crippen LogP contribution in [0.15, 0.2) is 0 Å². The SMILES string of the molecule is Br.C1CCOC1.CN(C)CCO.CN(C)CCOCCN1CCOCC1.C[N+](C)(C)CCOCCN1CCOCC1.ClCCN1CCOCC1. The smallest absolute Gasteiger partial charge is 0.102 e. The minimum absolute atomic E-state index is 0. The van der Waals surface area contributed by atoms with Crippen molar-refractivity contribution in [3.8, 4) is 0 Å². The molecule has 0 aromatic carbocycles. The average Bonchev–Trinajstić information content (AvgIpc) is 3.67. The normalized spacial score (nSPS) is 18.8. The lowest BCUT2D eigenvalue weighted by atomic mass is 10.4. The van der Waals surface area contributed by atoms with Gasteiger partial charge in [0.05, 0.1) is 93.8 Å². The number of hydrogen-bond acceptors (Lipinski definition) is 12. The Morgan fingerprint density at radius 3 is 1.26 bits per heavy atom. The van der Waals surface area contributed by atoms with Crippen LogP contribution in [0.25, 0.3) is 0 Å². The number of quaternary nitrogens is 1. The van der Waals surface area contributed by atoms with Gasteiger partial charge in [-0.05, 0) is 41.0 Å². The van der Waals surface area contributed by atoms with E-state index >= 15 is 0 Å². The summed E-state index contributed by atoms with van der Waals surface area (Å²) >= 11 is 5.55. The van der Waals surface area contributed by atoms with Gasteiger partial charge in [0.1, 0.15) is 6.54 Å². The number of aliphatic hydroxyl groups is 1. The van der Waals surface area contributed by atoms with Gasteiger partial charge >= 0.3 is 0 Å². The summed E-state index contributed by atoms with van der Waals surface area (Å²) in [6, 6.07) is 0. The van der Waals surface area contributed by atoms with Crippen molar-refractivity contribution in [1.82, 2.24) is 24.5 Å². The third kappa shape index (κ3) is 39.5. The molecule has 0 spiro atoms. The molecule has 0 bridgehead atoms. The van der Waals surface area contributed by atoms with Gasteiger partial charge in [-0.2, -0.15) is 0 Å². The molecule has 4 aliphatic heterocycles. The fourth-order valence-electron chi connectivity index (χ4n) is 4.48. The molecule has 4 heterocycles. The van der Waals surface area contributed by atoms with Crippen LogP contribution in [-0.4, -0.2) is 254 Å². The fraction of sp³-hybridized carbons (Fsp3) is 1.00. The van der Waals surface area contributed by atoms with Crippen molar-refractivity contribution in [3.63, 3.8) is 0 Å². The molecule has 1 N–H and O–H groups in total. The molecule has 4 saturated heterocycles. The molecule has 50 heavy (non-hydrogen) atoms. The Morgan fingerprint density at radius 1 is 0.580 bits per heavy atom. The first-order valence-corrected chi connectivity index (χ1v) is 19.0. The summed E-state index contributed by atoms with van der Waals surface area (Å²) in [7, 11) is 14.5. The van der Waals surface area contributed by atoms with Crippen LogP contribution in [0, 0.1) is 0 Å². The van der Waals surface area contributed by atoms with E-state index in [0.717, 1.165) is 168 Å². The topological polar surface area (TPSA) is 91.8 Å². The Balaban J connectivity index is 0. The number of alkyl halides is 1. The van der Waals surface area contributed by atoms with E-state index in [1.807, 2.05) is 19.0 Å². The van der Waals surface area contributed by atoms with Gasteiger partial charge in [-0.25, -0.2) is 0 Å². The first-order chi connectivity index (χ1) is 23.6. The number of ether oxygens (including phenoxy) is 6. The lowest BCUT2D eigenvalue weighted by Gasteiger charge is -2.27. The minimum Gasteiger partial charge on any atom is -0.395 e. The van der Waals surface area contributed by atoms with E-state index in [1.54, 1.807) is 0 Å². The molecule has 0 aliphatic carbocycles. The zero-order valence-corrected chi connectivity index (χ0v) is 35.6. The second-order valence-electron chi connectivity index (χ2n) is 13.9. The molecule has 304 valence electrons. The number of halogens is 2. The van der Waals surface area contributed by atoms with Crippen LogP contribution in [0.1, 0.15) is 12.8 Å². The van der Waals surface area contributed by atoms with Gasteiger partial charge in [-0.15, -0.1) is 28.6 Å².